The maximum atomic E-state index is 2.24. The van der Waals surface area contributed by atoms with Crippen LogP contribution in [-0.4, -0.2) is 0 Å². The third-order valence-corrected chi connectivity index (χ3v) is 3.54. The minimum Gasteiger partial charge on any atom is -0.214 e. The van der Waals surface area contributed by atoms with Crippen LogP contribution in [0.25, 0.3) is 11.1 Å². The predicted octanol–water partition coefficient (Wildman–Crippen LogP) is 4.86. The van der Waals surface area contributed by atoms with Crippen LogP contribution >= 0.6 is 0 Å². The summed E-state index contributed by atoms with van der Waals surface area (Å²) in [5, 5.41) is 0. The van der Waals surface area contributed by atoms with E-state index in [4.69, 9.17) is 0 Å². The first-order valence-corrected chi connectivity index (χ1v) is 6.78. The summed E-state index contributed by atoms with van der Waals surface area (Å²) in [7, 11) is 0. The minimum atomic E-state index is 0. The summed E-state index contributed by atoms with van der Waals surface area (Å²) >= 11 is 0. The van der Waals surface area contributed by atoms with Crippen molar-refractivity contribution in [2.75, 3.05) is 0 Å². The van der Waals surface area contributed by atoms with Crippen molar-refractivity contribution in [2.24, 2.45) is 0 Å². The molecule has 0 N–H and O–H groups in total. The molecule has 0 fully saturated rings. The van der Waals surface area contributed by atoms with Gasteiger partial charge in [0.05, 0.1) is 0 Å². The summed E-state index contributed by atoms with van der Waals surface area (Å²) < 4.78 is 0. The van der Waals surface area contributed by atoms with E-state index in [1.54, 1.807) is 0 Å². The van der Waals surface area contributed by atoms with Gasteiger partial charge in [0.25, 0.3) is 0 Å². The molecule has 0 bridgehead atoms. The van der Waals surface area contributed by atoms with Crippen molar-refractivity contribution in [1.29, 1.82) is 0 Å². The Kier molecular flexibility index (Phi) is 5.29. The Labute approximate surface area is 131 Å². The molecular formula is C19H17Mn-. The normalized spacial score (nSPS) is 11.2. The zero-order chi connectivity index (χ0) is 12.9. The Morgan fingerprint density at radius 1 is 0.600 bits per heavy atom. The average molecular weight is 300 g/mol. The van der Waals surface area contributed by atoms with Gasteiger partial charge < -0.3 is 0 Å². The summed E-state index contributed by atoms with van der Waals surface area (Å²) in [6.45, 7) is 0. The van der Waals surface area contributed by atoms with Crippen LogP contribution in [0.2, 0.25) is 0 Å². The first-order valence-electron chi connectivity index (χ1n) is 6.78. The predicted molar refractivity (Wildman–Crippen MR) is 81.3 cm³/mol. The van der Waals surface area contributed by atoms with Crippen molar-refractivity contribution in [3.8, 4) is 11.1 Å². The molecule has 0 saturated carbocycles. The Bertz CT molecular complexity index is 576. The van der Waals surface area contributed by atoms with E-state index in [0.717, 1.165) is 0 Å². The number of aryl methyl sites for hydroxylation is 2. The molecule has 0 amide bonds. The topological polar surface area (TPSA) is 0 Å². The molecule has 0 saturated heterocycles. The molecule has 1 heteroatoms. The van der Waals surface area contributed by atoms with Gasteiger partial charge in [-0.2, -0.15) is 18.2 Å². The molecular weight excluding hydrogens is 283 g/mol. The first-order chi connectivity index (χ1) is 9.45. The van der Waals surface area contributed by atoms with E-state index in [-0.39, 0.29) is 17.1 Å². The van der Waals surface area contributed by atoms with Gasteiger partial charge in [-0.1, -0.05) is 48.5 Å². The molecule has 0 aliphatic heterocycles. The van der Waals surface area contributed by atoms with E-state index in [9.17, 15) is 0 Å². The number of benzene rings is 2. The zero-order valence-corrected chi connectivity index (χ0v) is 12.5. The van der Waals surface area contributed by atoms with Crippen LogP contribution in [0.3, 0.4) is 0 Å². The van der Waals surface area contributed by atoms with Crippen molar-refractivity contribution >= 4 is 0 Å². The van der Waals surface area contributed by atoms with Crippen LogP contribution in [0.1, 0.15) is 11.1 Å². The van der Waals surface area contributed by atoms with E-state index in [1.807, 2.05) is 30.3 Å². The van der Waals surface area contributed by atoms with E-state index in [0.29, 0.717) is 0 Å². The fraction of sp³-hybridized carbons (Fsp3) is 0.105. The molecule has 0 aromatic heterocycles. The van der Waals surface area contributed by atoms with Crippen molar-refractivity contribution in [1.82, 2.24) is 0 Å². The monoisotopic (exact) mass is 300 g/mol. The van der Waals surface area contributed by atoms with Crippen LogP contribution in [0, 0.1) is 0 Å². The van der Waals surface area contributed by atoms with Crippen molar-refractivity contribution < 1.29 is 17.1 Å². The second-order valence-electron chi connectivity index (χ2n) is 4.78. The van der Waals surface area contributed by atoms with Crippen LogP contribution in [0.4, 0.5) is 0 Å². The van der Waals surface area contributed by atoms with Gasteiger partial charge in [-0.15, -0.1) is 0 Å². The largest absolute Gasteiger partial charge is 0.214 e. The molecule has 3 aromatic rings. The molecule has 1 radical (unpaired) electrons. The molecule has 0 heterocycles. The number of rotatable bonds is 0. The Balaban J connectivity index is 0.000000210. The van der Waals surface area contributed by atoms with Gasteiger partial charge in [0.2, 0.25) is 0 Å². The molecule has 0 spiro atoms. The van der Waals surface area contributed by atoms with Crippen molar-refractivity contribution in [3.05, 3.63) is 90.0 Å². The van der Waals surface area contributed by atoms with Crippen LogP contribution < -0.4 is 0 Å². The Hall–Kier alpha value is -1.69. The summed E-state index contributed by atoms with van der Waals surface area (Å²) in [5.41, 5.74) is 5.83. The van der Waals surface area contributed by atoms with Gasteiger partial charge in [-0.05, 0) is 35.1 Å². The van der Waals surface area contributed by atoms with E-state index < -0.39 is 0 Å². The smallest absolute Gasteiger partial charge is 0 e. The quantitative estimate of drug-likeness (QED) is 0.411. The molecule has 1 aliphatic carbocycles. The fourth-order valence-electron chi connectivity index (χ4n) is 2.59. The molecule has 20 heavy (non-hydrogen) atoms. The molecule has 3 aromatic carbocycles. The average Bonchev–Trinajstić information content (AvgIpc) is 3.07. The molecule has 0 nitrogen and oxygen atoms in total. The first kappa shape index (κ1) is 14.7. The third-order valence-electron chi connectivity index (χ3n) is 3.54. The number of hydrogen-bond acceptors (Lipinski definition) is 0. The van der Waals surface area contributed by atoms with Gasteiger partial charge in [0, 0.05) is 17.1 Å². The fourth-order valence-corrected chi connectivity index (χ4v) is 2.59. The van der Waals surface area contributed by atoms with Crippen LogP contribution in [-0.2, 0) is 29.9 Å². The van der Waals surface area contributed by atoms with Gasteiger partial charge in [0.15, 0.2) is 0 Å². The van der Waals surface area contributed by atoms with Crippen molar-refractivity contribution in [2.45, 2.75) is 12.8 Å². The Morgan fingerprint density at radius 2 is 1.05 bits per heavy atom. The number of hydrogen-bond donors (Lipinski definition) is 0. The second-order valence-corrected chi connectivity index (χ2v) is 4.78. The standard InChI is InChI=1S/C14H12.C5H5.Mn/c1-3-7-13-11(5-1)9-10-12-6-2-4-8-14(12)13;1-2-4-5-3-1;/h1-8H,9-10H2;1-5H;/q;-1;. The molecule has 0 unspecified atom stereocenters. The minimum absolute atomic E-state index is 0. The zero-order valence-electron chi connectivity index (χ0n) is 11.3. The molecule has 0 atom stereocenters. The second kappa shape index (κ2) is 7.19. The third kappa shape index (κ3) is 3.25. The summed E-state index contributed by atoms with van der Waals surface area (Å²) in [5.74, 6) is 0. The van der Waals surface area contributed by atoms with Gasteiger partial charge in [-0.3, -0.25) is 0 Å². The van der Waals surface area contributed by atoms with Gasteiger partial charge in [0.1, 0.15) is 0 Å². The molecule has 101 valence electrons. The summed E-state index contributed by atoms with van der Waals surface area (Å²) in [6, 6.07) is 27.5. The van der Waals surface area contributed by atoms with Crippen molar-refractivity contribution in [3.63, 3.8) is 0 Å². The summed E-state index contributed by atoms with van der Waals surface area (Å²) in [6.07, 6.45) is 2.38. The van der Waals surface area contributed by atoms with E-state index in [2.05, 4.69) is 48.5 Å². The maximum Gasteiger partial charge on any atom is 0 e. The summed E-state index contributed by atoms with van der Waals surface area (Å²) in [4.78, 5) is 0. The molecule has 1 aliphatic rings. The van der Waals surface area contributed by atoms with Gasteiger partial charge in [-0.25, -0.2) is 12.1 Å². The van der Waals surface area contributed by atoms with Gasteiger partial charge >= 0.3 is 0 Å². The SMILES string of the molecule is [Mn].c1cc[cH-]c1.c1ccc2c(c1)CCc1ccccc1-2. The number of fused-ring (bicyclic) bond motifs is 3. The molecule has 4 rings (SSSR count). The van der Waals surface area contributed by atoms with E-state index in [1.165, 1.54) is 35.1 Å². The Morgan fingerprint density at radius 3 is 1.45 bits per heavy atom. The van der Waals surface area contributed by atoms with Crippen LogP contribution in [0.5, 0.6) is 0 Å². The maximum absolute atomic E-state index is 2.24. The van der Waals surface area contributed by atoms with Crippen LogP contribution in [0.15, 0.2) is 78.9 Å². The van der Waals surface area contributed by atoms with E-state index >= 15 is 0 Å².